The Balaban J connectivity index is 2.12. The van der Waals surface area contributed by atoms with Crippen LogP contribution in [0, 0.1) is 0 Å². The number of nitrogen functional groups attached to an aromatic ring is 1. The lowest BCUT2D eigenvalue weighted by molar-refractivity contribution is 0.415. The number of para-hydroxylation sites is 2. The molecule has 0 unspecified atom stereocenters. The van der Waals surface area contributed by atoms with Crippen LogP contribution < -0.4 is 15.4 Å². The second-order valence-corrected chi connectivity index (χ2v) is 5.31. The molecule has 1 aromatic heterocycles. The van der Waals surface area contributed by atoms with E-state index in [1.54, 1.807) is 18.4 Å². The summed E-state index contributed by atoms with van der Waals surface area (Å²) in [6.45, 7) is 0. The minimum absolute atomic E-state index is 0.692. The topological polar surface area (TPSA) is 51.4 Å². The summed E-state index contributed by atoms with van der Waals surface area (Å²) in [6.07, 6.45) is 0. The molecule has 4 nitrogen and oxygen atoms in total. The molecule has 1 heterocycles. The molecular formula is C15H15N3OS. The fraction of sp³-hybridized carbons (Fsp3) is 0.133. The third kappa shape index (κ3) is 1.96. The molecule has 0 spiro atoms. The van der Waals surface area contributed by atoms with E-state index in [0.29, 0.717) is 5.69 Å². The van der Waals surface area contributed by atoms with Crippen molar-refractivity contribution in [1.82, 2.24) is 4.98 Å². The summed E-state index contributed by atoms with van der Waals surface area (Å²) in [7, 11) is 3.64. The lowest BCUT2D eigenvalue weighted by atomic mass is 10.2. The zero-order chi connectivity index (χ0) is 14.1. The Hall–Kier alpha value is -2.27. The second kappa shape index (κ2) is 5.02. The fourth-order valence-corrected chi connectivity index (χ4v) is 2.96. The number of hydrogen-bond acceptors (Lipinski definition) is 5. The molecule has 0 amide bonds. The van der Waals surface area contributed by atoms with Crippen LogP contribution in [-0.4, -0.2) is 19.1 Å². The van der Waals surface area contributed by atoms with Gasteiger partial charge >= 0.3 is 0 Å². The average Bonchev–Trinajstić information content (AvgIpc) is 2.96. The van der Waals surface area contributed by atoms with Crippen molar-refractivity contribution in [3.05, 3.63) is 41.9 Å². The highest BCUT2D eigenvalue weighted by Gasteiger charge is 2.14. The van der Waals surface area contributed by atoms with E-state index in [4.69, 9.17) is 10.5 Å². The van der Waals surface area contributed by atoms with Crippen LogP contribution in [0.4, 0.5) is 17.1 Å². The van der Waals surface area contributed by atoms with Gasteiger partial charge in [0.05, 0.1) is 34.4 Å². The third-order valence-corrected chi connectivity index (χ3v) is 4.12. The number of fused-ring (bicyclic) bond motifs is 1. The van der Waals surface area contributed by atoms with E-state index in [9.17, 15) is 0 Å². The predicted octanol–water partition coefficient (Wildman–Crippen LogP) is 3.66. The van der Waals surface area contributed by atoms with Crippen LogP contribution in [0.1, 0.15) is 0 Å². The first-order valence-electron chi connectivity index (χ1n) is 6.21. The van der Waals surface area contributed by atoms with Crippen LogP contribution in [0.15, 0.2) is 41.9 Å². The molecule has 0 fully saturated rings. The van der Waals surface area contributed by atoms with E-state index in [-0.39, 0.29) is 0 Å². The van der Waals surface area contributed by atoms with Gasteiger partial charge in [-0.25, -0.2) is 4.98 Å². The molecule has 0 atom stereocenters. The van der Waals surface area contributed by atoms with E-state index < -0.39 is 0 Å². The predicted molar refractivity (Wildman–Crippen MR) is 85.1 cm³/mol. The number of rotatable bonds is 3. The van der Waals surface area contributed by atoms with Gasteiger partial charge in [-0.1, -0.05) is 12.1 Å². The first kappa shape index (κ1) is 12.7. The van der Waals surface area contributed by atoms with Gasteiger partial charge in [-0.2, -0.15) is 0 Å². The van der Waals surface area contributed by atoms with Crippen LogP contribution >= 0.6 is 11.3 Å². The minimum Gasteiger partial charge on any atom is -0.495 e. The van der Waals surface area contributed by atoms with Crippen molar-refractivity contribution in [3.63, 3.8) is 0 Å². The minimum atomic E-state index is 0.692. The number of hydrogen-bond donors (Lipinski definition) is 1. The SMILES string of the molecule is COc1ccccc1N(C)c1ccc2scnc2c1N. The molecule has 102 valence electrons. The summed E-state index contributed by atoms with van der Waals surface area (Å²) in [5.74, 6) is 0.813. The maximum Gasteiger partial charge on any atom is 0.142 e. The van der Waals surface area contributed by atoms with E-state index >= 15 is 0 Å². The van der Waals surface area contributed by atoms with Gasteiger partial charge in [0.25, 0.3) is 0 Å². The lowest BCUT2D eigenvalue weighted by Crippen LogP contribution is -2.12. The number of aromatic nitrogens is 1. The largest absolute Gasteiger partial charge is 0.495 e. The molecule has 2 N–H and O–H groups in total. The molecule has 0 bridgehead atoms. The van der Waals surface area contributed by atoms with Crippen molar-refractivity contribution < 1.29 is 4.74 Å². The number of thiazole rings is 1. The molecule has 20 heavy (non-hydrogen) atoms. The number of methoxy groups -OCH3 is 1. The molecule has 3 aromatic rings. The molecule has 3 rings (SSSR count). The summed E-state index contributed by atoms with van der Waals surface area (Å²) in [5.41, 5.74) is 11.5. The molecule has 0 aliphatic carbocycles. The zero-order valence-electron chi connectivity index (χ0n) is 11.3. The van der Waals surface area contributed by atoms with Crippen molar-refractivity contribution in [2.24, 2.45) is 0 Å². The lowest BCUT2D eigenvalue weighted by Gasteiger charge is -2.23. The molecule has 0 radical (unpaired) electrons. The zero-order valence-corrected chi connectivity index (χ0v) is 12.1. The molecular weight excluding hydrogens is 270 g/mol. The Kier molecular flexibility index (Phi) is 3.20. The Morgan fingerprint density at radius 2 is 1.95 bits per heavy atom. The van der Waals surface area contributed by atoms with Crippen LogP contribution in [0.25, 0.3) is 10.2 Å². The second-order valence-electron chi connectivity index (χ2n) is 4.43. The highest BCUT2D eigenvalue weighted by molar-refractivity contribution is 7.16. The number of nitrogens with two attached hydrogens (primary N) is 1. The van der Waals surface area contributed by atoms with Gasteiger partial charge in [0.2, 0.25) is 0 Å². The van der Waals surface area contributed by atoms with Crippen molar-refractivity contribution in [1.29, 1.82) is 0 Å². The van der Waals surface area contributed by atoms with Crippen molar-refractivity contribution in [3.8, 4) is 5.75 Å². The van der Waals surface area contributed by atoms with Crippen LogP contribution in [0.3, 0.4) is 0 Å². The van der Waals surface area contributed by atoms with Gasteiger partial charge < -0.3 is 15.4 Å². The van der Waals surface area contributed by atoms with Crippen molar-refractivity contribution in [2.45, 2.75) is 0 Å². The standard InChI is InChI=1S/C15H15N3OS/c1-18(10-5-3-4-6-12(10)19-2)11-7-8-13-15(14(11)16)17-9-20-13/h3-9H,16H2,1-2H3. The molecule has 0 aliphatic rings. The Labute approximate surface area is 121 Å². The van der Waals surface area contributed by atoms with Gasteiger partial charge in [-0.05, 0) is 24.3 Å². The molecule has 0 saturated heterocycles. The van der Waals surface area contributed by atoms with E-state index in [0.717, 1.165) is 27.3 Å². The van der Waals surface area contributed by atoms with Crippen molar-refractivity contribution >= 4 is 38.6 Å². The fourth-order valence-electron chi connectivity index (χ4n) is 2.27. The average molecular weight is 285 g/mol. The monoisotopic (exact) mass is 285 g/mol. The maximum absolute atomic E-state index is 6.25. The first-order chi connectivity index (χ1) is 9.72. The number of ether oxygens (including phenoxy) is 1. The summed E-state index contributed by atoms with van der Waals surface area (Å²) in [4.78, 5) is 6.35. The van der Waals surface area contributed by atoms with Crippen LogP contribution in [-0.2, 0) is 0 Å². The normalized spacial score (nSPS) is 10.7. The van der Waals surface area contributed by atoms with E-state index in [1.165, 1.54) is 0 Å². The summed E-state index contributed by atoms with van der Waals surface area (Å²) >= 11 is 1.59. The highest BCUT2D eigenvalue weighted by atomic mass is 32.1. The summed E-state index contributed by atoms with van der Waals surface area (Å²) in [6, 6.07) is 11.9. The number of nitrogens with zero attached hydrogens (tertiary/aromatic N) is 2. The smallest absolute Gasteiger partial charge is 0.142 e. The van der Waals surface area contributed by atoms with Gasteiger partial charge in [-0.15, -0.1) is 11.3 Å². The third-order valence-electron chi connectivity index (χ3n) is 3.33. The summed E-state index contributed by atoms with van der Waals surface area (Å²) < 4.78 is 6.50. The van der Waals surface area contributed by atoms with Gasteiger partial charge in [0, 0.05) is 7.05 Å². The molecule has 5 heteroatoms. The van der Waals surface area contributed by atoms with E-state index in [2.05, 4.69) is 4.98 Å². The number of anilines is 3. The van der Waals surface area contributed by atoms with Crippen LogP contribution in [0.5, 0.6) is 5.75 Å². The quantitative estimate of drug-likeness (QED) is 0.746. The first-order valence-corrected chi connectivity index (χ1v) is 7.08. The summed E-state index contributed by atoms with van der Waals surface area (Å²) in [5, 5.41) is 0. The maximum atomic E-state index is 6.25. The van der Waals surface area contributed by atoms with Gasteiger partial charge in [0.15, 0.2) is 0 Å². The Bertz CT molecular complexity index is 754. The Morgan fingerprint density at radius 3 is 2.75 bits per heavy atom. The van der Waals surface area contributed by atoms with Gasteiger partial charge in [0.1, 0.15) is 11.3 Å². The highest BCUT2D eigenvalue weighted by Crippen LogP contribution is 2.38. The van der Waals surface area contributed by atoms with Crippen LogP contribution in [0.2, 0.25) is 0 Å². The van der Waals surface area contributed by atoms with Crippen molar-refractivity contribution in [2.75, 3.05) is 24.8 Å². The molecule has 0 aliphatic heterocycles. The van der Waals surface area contributed by atoms with Gasteiger partial charge in [-0.3, -0.25) is 0 Å². The number of benzene rings is 2. The molecule has 0 saturated carbocycles. The Morgan fingerprint density at radius 1 is 1.15 bits per heavy atom. The molecule has 2 aromatic carbocycles. The van der Waals surface area contributed by atoms with E-state index in [1.807, 2.05) is 53.9 Å².